The fourth-order valence-corrected chi connectivity index (χ4v) is 2.33. The lowest BCUT2D eigenvalue weighted by molar-refractivity contribution is 0.404. The Labute approximate surface area is 80.8 Å². The first kappa shape index (κ1) is 10.5. The summed E-state index contributed by atoms with van der Waals surface area (Å²) >= 11 is 0. The maximum absolute atomic E-state index is 5.52. The summed E-state index contributed by atoms with van der Waals surface area (Å²) in [6, 6.07) is 0. The minimum absolute atomic E-state index is 0.269. The second-order valence-corrected chi connectivity index (χ2v) is 3.81. The van der Waals surface area contributed by atoms with E-state index in [0.29, 0.717) is 0 Å². The van der Waals surface area contributed by atoms with Crippen LogP contribution >= 0.6 is 0 Å². The lowest BCUT2D eigenvalue weighted by Gasteiger charge is -2.28. The molecule has 0 aliphatic heterocycles. The van der Waals surface area contributed by atoms with Crippen molar-refractivity contribution in [1.29, 1.82) is 0 Å². The Balaban J connectivity index is 2.78. The van der Waals surface area contributed by atoms with Gasteiger partial charge in [0.05, 0.1) is 0 Å². The van der Waals surface area contributed by atoms with Crippen LogP contribution in [0, 0.1) is 5.41 Å². The van der Waals surface area contributed by atoms with Crippen LogP contribution in [0.15, 0.2) is 4.99 Å². The molecule has 3 heteroatoms. The zero-order chi connectivity index (χ0) is 9.73. The second kappa shape index (κ2) is 4.61. The minimum Gasteiger partial charge on any atom is -0.312 e. The highest BCUT2D eigenvalue weighted by molar-refractivity contribution is 5.87. The van der Waals surface area contributed by atoms with Gasteiger partial charge in [0, 0.05) is 12.0 Å². The van der Waals surface area contributed by atoms with Crippen LogP contribution in [0.3, 0.4) is 0 Å². The van der Waals surface area contributed by atoms with E-state index in [-0.39, 0.29) is 5.41 Å². The lowest BCUT2D eigenvalue weighted by Crippen LogP contribution is -2.43. The highest BCUT2D eigenvalue weighted by atomic mass is 15.3. The van der Waals surface area contributed by atoms with Crippen LogP contribution in [0.2, 0.25) is 0 Å². The predicted molar refractivity (Wildman–Crippen MR) is 56.5 cm³/mol. The number of nitrogens with two attached hydrogens (primary N) is 1. The highest BCUT2D eigenvalue weighted by Crippen LogP contribution is 2.41. The molecule has 3 nitrogen and oxygen atoms in total. The van der Waals surface area contributed by atoms with Gasteiger partial charge in [0.2, 0.25) is 0 Å². The van der Waals surface area contributed by atoms with E-state index in [1.807, 2.05) is 0 Å². The van der Waals surface area contributed by atoms with Crippen molar-refractivity contribution in [2.24, 2.45) is 16.3 Å². The maximum atomic E-state index is 5.52. The molecule has 0 radical (unpaired) electrons. The van der Waals surface area contributed by atoms with Gasteiger partial charge in [0.1, 0.15) is 5.84 Å². The van der Waals surface area contributed by atoms with Crippen LogP contribution in [-0.2, 0) is 0 Å². The highest BCUT2D eigenvalue weighted by Gasteiger charge is 2.36. The van der Waals surface area contributed by atoms with Crippen molar-refractivity contribution in [3.8, 4) is 0 Å². The summed E-state index contributed by atoms with van der Waals surface area (Å²) in [7, 11) is 0. The third-order valence-electron chi connectivity index (χ3n) is 3.19. The fraction of sp³-hybridized carbons (Fsp3) is 0.900. The van der Waals surface area contributed by atoms with Gasteiger partial charge >= 0.3 is 0 Å². The quantitative estimate of drug-likeness (QED) is 0.303. The van der Waals surface area contributed by atoms with E-state index in [1.165, 1.54) is 25.7 Å². The monoisotopic (exact) mass is 183 g/mol. The Hall–Kier alpha value is -0.570. The summed E-state index contributed by atoms with van der Waals surface area (Å²) in [5, 5.41) is 0. The molecule has 13 heavy (non-hydrogen) atoms. The number of rotatable bonds is 3. The van der Waals surface area contributed by atoms with Crippen LogP contribution < -0.4 is 11.3 Å². The van der Waals surface area contributed by atoms with Gasteiger partial charge in [-0.15, -0.1) is 0 Å². The number of nitrogens with zero attached hydrogens (tertiary/aromatic N) is 1. The average Bonchev–Trinajstić information content (AvgIpc) is 2.63. The molecule has 1 aliphatic carbocycles. The van der Waals surface area contributed by atoms with Gasteiger partial charge in [-0.3, -0.25) is 4.99 Å². The van der Waals surface area contributed by atoms with E-state index < -0.39 is 0 Å². The molecule has 0 saturated heterocycles. The van der Waals surface area contributed by atoms with Crippen molar-refractivity contribution in [1.82, 2.24) is 5.43 Å². The first-order valence-corrected chi connectivity index (χ1v) is 5.30. The third-order valence-corrected chi connectivity index (χ3v) is 3.19. The Morgan fingerprint density at radius 3 is 2.38 bits per heavy atom. The van der Waals surface area contributed by atoms with Gasteiger partial charge in [-0.1, -0.05) is 19.8 Å². The minimum atomic E-state index is 0.269. The van der Waals surface area contributed by atoms with E-state index in [1.54, 1.807) is 0 Å². The summed E-state index contributed by atoms with van der Waals surface area (Å²) in [6.07, 6.45) is 6.27. The number of hydrogen-bond donors (Lipinski definition) is 2. The summed E-state index contributed by atoms with van der Waals surface area (Å²) < 4.78 is 0. The van der Waals surface area contributed by atoms with Crippen LogP contribution in [0.4, 0.5) is 0 Å². The molecule has 1 rings (SSSR count). The largest absolute Gasteiger partial charge is 0.312 e. The molecular formula is C10H21N3. The van der Waals surface area contributed by atoms with Gasteiger partial charge < -0.3 is 5.43 Å². The van der Waals surface area contributed by atoms with Crippen molar-refractivity contribution in [3.63, 3.8) is 0 Å². The number of amidine groups is 1. The van der Waals surface area contributed by atoms with Crippen molar-refractivity contribution in [2.75, 3.05) is 6.54 Å². The molecule has 1 aliphatic rings. The molecule has 0 atom stereocenters. The van der Waals surface area contributed by atoms with E-state index >= 15 is 0 Å². The molecule has 0 heterocycles. The second-order valence-electron chi connectivity index (χ2n) is 3.81. The Morgan fingerprint density at radius 2 is 2.00 bits per heavy atom. The molecule has 0 aromatic carbocycles. The molecule has 0 aromatic rings. The average molecular weight is 183 g/mol. The smallest absolute Gasteiger partial charge is 0.117 e. The third kappa shape index (κ3) is 2.02. The number of hydrazine groups is 1. The number of aliphatic imine (C=N–C) groups is 1. The SMILES string of the molecule is CCN=C(NN)C1(CC)CCCC1. The molecule has 0 bridgehead atoms. The van der Waals surface area contributed by atoms with Crippen molar-refractivity contribution < 1.29 is 0 Å². The first-order valence-electron chi connectivity index (χ1n) is 5.30. The maximum Gasteiger partial charge on any atom is 0.117 e. The summed E-state index contributed by atoms with van der Waals surface area (Å²) in [5.41, 5.74) is 3.06. The van der Waals surface area contributed by atoms with Crippen LogP contribution in [-0.4, -0.2) is 12.4 Å². The van der Waals surface area contributed by atoms with Gasteiger partial charge in [-0.05, 0) is 26.2 Å². The van der Waals surface area contributed by atoms with E-state index in [9.17, 15) is 0 Å². The summed E-state index contributed by atoms with van der Waals surface area (Å²) in [5.74, 6) is 6.54. The van der Waals surface area contributed by atoms with E-state index in [2.05, 4.69) is 24.3 Å². The Morgan fingerprint density at radius 1 is 1.38 bits per heavy atom. The van der Waals surface area contributed by atoms with Crippen LogP contribution in [0.1, 0.15) is 46.0 Å². The van der Waals surface area contributed by atoms with Crippen molar-refractivity contribution in [3.05, 3.63) is 0 Å². The standard InChI is InChI=1S/C10H21N3/c1-3-10(7-5-6-8-10)9(13-11)12-4-2/h3-8,11H2,1-2H3,(H,12,13). The van der Waals surface area contributed by atoms with Crippen LogP contribution in [0.5, 0.6) is 0 Å². The normalized spacial score (nSPS) is 21.9. The predicted octanol–water partition coefficient (Wildman–Crippen LogP) is 1.84. The zero-order valence-corrected chi connectivity index (χ0v) is 8.77. The van der Waals surface area contributed by atoms with E-state index in [0.717, 1.165) is 18.8 Å². The molecule has 0 spiro atoms. The van der Waals surface area contributed by atoms with Crippen molar-refractivity contribution >= 4 is 5.84 Å². The van der Waals surface area contributed by atoms with Gasteiger partial charge in [0.15, 0.2) is 0 Å². The fourth-order valence-electron chi connectivity index (χ4n) is 2.33. The Kier molecular flexibility index (Phi) is 3.72. The Bertz CT molecular complexity index is 181. The van der Waals surface area contributed by atoms with Gasteiger partial charge in [-0.25, -0.2) is 5.84 Å². The molecule has 1 saturated carbocycles. The van der Waals surface area contributed by atoms with Gasteiger partial charge in [0.25, 0.3) is 0 Å². The molecule has 0 aromatic heterocycles. The molecular weight excluding hydrogens is 162 g/mol. The molecule has 0 unspecified atom stereocenters. The summed E-state index contributed by atoms with van der Waals surface area (Å²) in [6.45, 7) is 5.10. The van der Waals surface area contributed by atoms with E-state index in [4.69, 9.17) is 5.84 Å². The zero-order valence-electron chi connectivity index (χ0n) is 8.77. The van der Waals surface area contributed by atoms with Gasteiger partial charge in [-0.2, -0.15) is 0 Å². The number of hydrogen-bond acceptors (Lipinski definition) is 2. The molecule has 1 fully saturated rings. The topological polar surface area (TPSA) is 50.4 Å². The van der Waals surface area contributed by atoms with Crippen LogP contribution in [0.25, 0.3) is 0 Å². The number of nitrogens with one attached hydrogen (secondary N) is 1. The first-order chi connectivity index (χ1) is 6.29. The molecule has 3 N–H and O–H groups in total. The molecule has 76 valence electrons. The van der Waals surface area contributed by atoms with Crippen molar-refractivity contribution in [2.45, 2.75) is 46.0 Å². The molecule has 0 amide bonds. The summed E-state index contributed by atoms with van der Waals surface area (Å²) in [4.78, 5) is 4.45. The lowest BCUT2D eigenvalue weighted by atomic mass is 9.82.